The van der Waals surface area contributed by atoms with Crippen LogP contribution in [0.5, 0.6) is 0 Å². The van der Waals surface area contributed by atoms with E-state index in [4.69, 9.17) is 18.0 Å². The van der Waals surface area contributed by atoms with E-state index in [0.717, 1.165) is 13.0 Å². The van der Waals surface area contributed by atoms with Gasteiger partial charge in [-0.05, 0) is 26.8 Å². The molecule has 0 fully saturated rings. The Morgan fingerprint density at radius 1 is 1.26 bits per heavy atom. The molecule has 0 aliphatic rings. The molecule has 0 saturated heterocycles. The molecule has 0 saturated carbocycles. The minimum atomic E-state index is 0.140. The first-order valence-electron chi connectivity index (χ1n) is 7.14. The Hall–Kier alpha value is -0.680. The van der Waals surface area contributed by atoms with Crippen LogP contribution >= 0.6 is 12.2 Å². The second kappa shape index (κ2) is 10.1. The lowest BCUT2D eigenvalue weighted by Gasteiger charge is -2.28. The number of nitrogens with zero attached hydrogens (tertiary/aromatic N) is 2. The van der Waals surface area contributed by atoms with Gasteiger partial charge >= 0.3 is 0 Å². The molecule has 0 aromatic heterocycles. The number of rotatable bonds is 10. The van der Waals surface area contributed by atoms with Gasteiger partial charge in [-0.25, -0.2) is 0 Å². The minimum Gasteiger partial charge on any atom is -0.393 e. The van der Waals surface area contributed by atoms with Crippen LogP contribution in [0.15, 0.2) is 0 Å². The van der Waals surface area contributed by atoms with Crippen molar-refractivity contribution < 1.29 is 4.79 Å². The van der Waals surface area contributed by atoms with Crippen LogP contribution in [0.25, 0.3) is 0 Å². The Bertz CT molecular complexity index is 282. The van der Waals surface area contributed by atoms with E-state index < -0.39 is 0 Å². The lowest BCUT2D eigenvalue weighted by Crippen LogP contribution is -2.42. The number of thiocarbonyl (C=S) groups is 1. The molecule has 0 aromatic carbocycles. The standard InChI is InChI=1S/C14H29N3OS/c1-5-6-7-9-17(12(2)3)11-14(18)16(4)10-8-13(15)19/h12H,5-11H2,1-4H3,(H2,15,19). The van der Waals surface area contributed by atoms with Gasteiger partial charge in [0.25, 0.3) is 0 Å². The summed E-state index contributed by atoms with van der Waals surface area (Å²) in [5.74, 6) is 0.140. The van der Waals surface area contributed by atoms with Crippen molar-refractivity contribution >= 4 is 23.1 Å². The topological polar surface area (TPSA) is 49.6 Å². The SMILES string of the molecule is CCCCCN(CC(=O)N(C)CCC(N)=S)C(C)C. The largest absolute Gasteiger partial charge is 0.393 e. The number of hydrogen-bond acceptors (Lipinski definition) is 3. The van der Waals surface area contributed by atoms with E-state index in [1.807, 2.05) is 7.05 Å². The summed E-state index contributed by atoms with van der Waals surface area (Å²) >= 11 is 4.83. The number of carbonyl (C=O) groups excluding carboxylic acids is 1. The van der Waals surface area contributed by atoms with Gasteiger partial charge in [0.05, 0.1) is 11.5 Å². The molecule has 0 radical (unpaired) electrons. The molecule has 1 amide bonds. The van der Waals surface area contributed by atoms with Gasteiger partial charge in [-0.3, -0.25) is 9.69 Å². The molecular weight excluding hydrogens is 258 g/mol. The zero-order valence-corrected chi connectivity index (χ0v) is 13.6. The second-order valence-electron chi connectivity index (χ2n) is 5.30. The minimum absolute atomic E-state index is 0.140. The fraction of sp³-hybridized carbons (Fsp3) is 0.857. The average Bonchev–Trinajstić information content (AvgIpc) is 2.34. The molecule has 0 rings (SSSR count). The second-order valence-corrected chi connectivity index (χ2v) is 5.83. The predicted molar refractivity (Wildman–Crippen MR) is 85.3 cm³/mol. The normalized spacial score (nSPS) is 11.1. The van der Waals surface area contributed by atoms with Crippen molar-refractivity contribution in [3.05, 3.63) is 0 Å². The zero-order valence-electron chi connectivity index (χ0n) is 12.8. The highest BCUT2D eigenvalue weighted by atomic mass is 32.1. The van der Waals surface area contributed by atoms with Crippen molar-refractivity contribution in [2.75, 3.05) is 26.7 Å². The third kappa shape index (κ3) is 8.94. The van der Waals surface area contributed by atoms with E-state index >= 15 is 0 Å². The molecular formula is C14H29N3OS. The maximum atomic E-state index is 12.1. The smallest absolute Gasteiger partial charge is 0.236 e. The van der Waals surface area contributed by atoms with Crippen molar-refractivity contribution in [3.8, 4) is 0 Å². The van der Waals surface area contributed by atoms with Crippen LogP contribution in [0.4, 0.5) is 0 Å². The molecule has 4 nitrogen and oxygen atoms in total. The number of unbranched alkanes of at least 4 members (excludes halogenated alkanes) is 2. The monoisotopic (exact) mass is 287 g/mol. The molecule has 0 aromatic rings. The van der Waals surface area contributed by atoms with Crippen LogP contribution < -0.4 is 5.73 Å². The summed E-state index contributed by atoms with van der Waals surface area (Å²) in [4.78, 5) is 16.5. The van der Waals surface area contributed by atoms with Crippen molar-refractivity contribution in [2.24, 2.45) is 5.73 Å². The molecule has 19 heavy (non-hydrogen) atoms. The van der Waals surface area contributed by atoms with Crippen LogP contribution in [0, 0.1) is 0 Å². The van der Waals surface area contributed by atoms with E-state index in [1.54, 1.807) is 4.90 Å². The average molecular weight is 287 g/mol. The van der Waals surface area contributed by atoms with E-state index in [9.17, 15) is 4.79 Å². The van der Waals surface area contributed by atoms with Crippen molar-refractivity contribution in [3.63, 3.8) is 0 Å². The Balaban J connectivity index is 4.17. The highest BCUT2D eigenvalue weighted by Crippen LogP contribution is 2.04. The molecule has 0 spiro atoms. The Labute approximate surface area is 123 Å². The third-order valence-corrected chi connectivity index (χ3v) is 3.44. The van der Waals surface area contributed by atoms with E-state index in [0.29, 0.717) is 30.5 Å². The zero-order chi connectivity index (χ0) is 14.8. The van der Waals surface area contributed by atoms with E-state index in [1.165, 1.54) is 12.8 Å². The summed E-state index contributed by atoms with van der Waals surface area (Å²) in [5.41, 5.74) is 5.45. The summed E-state index contributed by atoms with van der Waals surface area (Å²) in [6.45, 7) is 8.53. The van der Waals surface area contributed by atoms with Crippen LogP contribution in [0.1, 0.15) is 46.5 Å². The van der Waals surface area contributed by atoms with Crippen LogP contribution in [-0.4, -0.2) is 53.4 Å². The van der Waals surface area contributed by atoms with Crippen LogP contribution in [0.3, 0.4) is 0 Å². The van der Waals surface area contributed by atoms with Gasteiger partial charge in [-0.2, -0.15) is 0 Å². The molecule has 0 aliphatic heterocycles. The number of amides is 1. The maximum Gasteiger partial charge on any atom is 0.236 e. The number of carbonyl (C=O) groups is 1. The fourth-order valence-electron chi connectivity index (χ4n) is 1.78. The summed E-state index contributed by atoms with van der Waals surface area (Å²) in [6, 6.07) is 0.393. The molecule has 0 bridgehead atoms. The molecule has 0 aliphatic carbocycles. The van der Waals surface area contributed by atoms with Gasteiger partial charge in [0, 0.05) is 26.1 Å². The van der Waals surface area contributed by atoms with Crippen LogP contribution in [-0.2, 0) is 4.79 Å². The first-order valence-corrected chi connectivity index (χ1v) is 7.55. The van der Waals surface area contributed by atoms with E-state index in [2.05, 4.69) is 25.7 Å². The Kier molecular flexibility index (Phi) is 9.79. The summed E-state index contributed by atoms with van der Waals surface area (Å²) in [5, 5.41) is 0. The summed E-state index contributed by atoms with van der Waals surface area (Å²) in [7, 11) is 1.81. The Morgan fingerprint density at radius 2 is 1.89 bits per heavy atom. The van der Waals surface area contributed by atoms with Crippen molar-refractivity contribution in [1.29, 1.82) is 0 Å². The fourth-order valence-corrected chi connectivity index (χ4v) is 1.87. The highest BCUT2D eigenvalue weighted by Gasteiger charge is 2.16. The number of hydrogen-bond donors (Lipinski definition) is 1. The number of likely N-dealkylation sites (N-methyl/N-ethyl adjacent to an activating group) is 1. The van der Waals surface area contributed by atoms with Gasteiger partial charge in [0.2, 0.25) is 5.91 Å². The molecule has 2 N–H and O–H groups in total. The highest BCUT2D eigenvalue weighted by molar-refractivity contribution is 7.80. The summed E-state index contributed by atoms with van der Waals surface area (Å²) in [6.07, 6.45) is 4.16. The number of nitrogens with two attached hydrogens (primary N) is 1. The lowest BCUT2D eigenvalue weighted by atomic mass is 10.2. The van der Waals surface area contributed by atoms with Gasteiger partial charge in [-0.1, -0.05) is 32.0 Å². The molecule has 0 atom stereocenters. The van der Waals surface area contributed by atoms with Crippen LogP contribution in [0.2, 0.25) is 0 Å². The van der Waals surface area contributed by atoms with Gasteiger partial charge < -0.3 is 10.6 Å². The van der Waals surface area contributed by atoms with Crippen molar-refractivity contribution in [1.82, 2.24) is 9.80 Å². The molecule has 0 unspecified atom stereocenters. The van der Waals surface area contributed by atoms with Crippen molar-refractivity contribution in [2.45, 2.75) is 52.5 Å². The van der Waals surface area contributed by atoms with Gasteiger partial charge in [-0.15, -0.1) is 0 Å². The van der Waals surface area contributed by atoms with E-state index in [-0.39, 0.29) is 5.91 Å². The third-order valence-electron chi connectivity index (χ3n) is 3.24. The maximum absolute atomic E-state index is 12.1. The summed E-state index contributed by atoms with van der Waals surface area (Å²) < 4.78 is 0. The Morgan fingerprint density at radius 3 is 2.37 bits per heavy atom. The first-order chi connectivity index (χ1) is 8.88. The quantitative estimate of drug-likeness (QED) is 0.493. The predicted octanol–water partition coefficient (Wildman–Crippen LogP) is 2.02. The van der Waals surface area contributed by atoms with Gasteiger partial charge in [0.1, 0.15) is 0 Å². The first kappa shape index (κ1) is 18.3. The molecule has 0 heterocycles. The van der Waals surface area contributed by atoms with Gasteiger partial charge in [0.15, 0.2) is 0 Å². The molecule has 5 heteroatoms. The molecule has 112 valence electrons. The lowest BCUT2D eigenvalue weighted by molar-refractivity contribution is -0.131.